The molecule has 0 unspecified atom stereocenters. The largest absolute Gasteiger partial charge is 0.426 e. The average Bonchev–Trinajstić information content (AvgIpc) is 2.24. The van der Waals surface area contributed by atoms with E-state index in [2.05, 4.69) is 4.98 Å². The molecule has 2 bridgehead atoms. The molecule has 0 saturated carbocycles. The molecule has 0 fully saturated rings. The Morgan fingerprint density at radius 3 is 2.60 bits per heavy atom. The lowest BCUT2D eigenvalue weighted by molar-refractivity contribution is -0.140. The van der Waals surface area contributed by atoms with E-state index in [1.54, 1.807) is 13.0 Å². The Kier molecular flexibility index (Phi) is 2.37. The second-order valence-electron chi connectivity index (χ2n) is 3.19. The molecule has 0 amide bonds. The first kappa shape index (κ1) is 9.64. The summed E-state index contributed by atoms with van der Waals surface area (Å²) in [6.45, 7) is 1.68. The van der Waals surface area contributed by atoms with Crippen molar-refractivity contribution in [1.29, 1.82) is 0 Å². The Labute approximate surface area is 86.0 Å². The van der Waals surface area contributed by atoms with Gasteiger partial charge in [0.1, 0.15) is 5.75 Å². The lowest BCUT2D eigenvalue weighted by Gasteiger charge is -2.06. The van der Waals surface area contributed by atoms with Gasteiger partial charge in [-0.05, 0) is 13.0 Å². The summed E-state index contributed by atoms with van der Waals surface area (Å²) in [4.78, 5) is 26.4. The van der Waals surface area contributed by atoms with Crippen molar-refractivity contribution in [2.24, 2.45) is 0 Å². The van der Waals surface area contributed by atoms with E-state index in [1.165, 1.54) is 6.20 Å². The van der Waals surface area contributed by atoms with Crippen molar-refractivity contribution in [2.45, 2.75) is 19.8 Å². The van der Waals surface area contributed by atoms with Gasteiger partial charge in [0.05, 0.1) is 18.4 Å². The normalized spacial score (nSPS) is 15.8. The molecule has 0 N–H and O–H groups in total. The third-order valence-corrected chi connectivity index (χ3v) is 2.08. The van der Waals surface area contributed by atoms with Crippen molar-refractivity contribution in [3.63, 3.8) is 0 Å². The molecule has 0 radical (unpaired) electrons. The van der Waals surface area contributed by atoms with Gasteiger partial charge in [0.25, 0.3) is 0 Å². The second kappa shape index (κ2) is 3.68. The maximum Gasteiger partial charge on any atom is 0.313 e. The smallest absolute Gasteiger partial charge is 0.313 e. The Morgan fingerprint density at radius 1 is 1.20 bits per heavy atom. The van der Waals surface area contributed by atoms with E-state index < -0.39 is 11.9 Å². The standard InChI is InChI=1S/C10H9NO4/c1-6-7-4-5-11-10(6)15-9(13)3-2-8(12)14-7/h4-5H,2-3H2,1H3. The molecule has 2 heterocycles. The number of ether oxygens (including phenoxy) is 2. The van der Waals surface area contributed by atoms with Gasteiger partial charge < -0.3 is 9.47 Å². The topological polar surface area (TPSA) is 65.5 Å². The van der Waals surface area contributed by atoms with Crippen LogP contribution in [0.2, 0.25) is 0 Å². The first-order valence-electron chi connectivity index (χ1n) is 4.54. The van der Waals surface area contributed by atoms with Crippen LogP contribution in [0.3, 0.4) is 0 Å². The molecule has 0 atom stereocenters. The van der Waals surface area contributed by atoms with Crippen LogP contribution in [0.15, 0.2) is 12.3 Å². The van der Waals surface area contributed by atoms with E-state index in [1.807, 2.05) is 0 Å². The van der Waals surface area contributed by atoms with Crippen molar-refractivity contribution in [3.05, 3.63) is 17.8 Å². The Bertz CT molecular complexity index is 391. The second-order valence-corrected chi connectivity index (χ2v) is 3.19. The fourth-order valence-corrected chi connectivity index (χ4v) is 1.25. The third-order valence-electron chi connectivity index (χ3n) is 2.08. The zero-order valence-electron chi connectivity index (χ0n) is 8.15. The van der Waals surface area contributed by atoms with E-state index in [9.17, 15) is 9.59 Å². The number of fused-ring (bicyclic) bond motifs is 2. The lowest BCUT2D eigenvalue weighted by atomic mass is 10.3. The molecule has 1 aliphatic heterocycles. The minimum absolute atomic E-state index is 0.0123. The van der Waals surface area contributed by atoms with Gasteiger partial charge in [0, 0.05) is 6.20 Å². The molecule has 0 aromatic carbocycles. The molecule has 1 aromatic rings. The summed E-state index contributed by atoms with van der Waals surface area (Å²) >= 11 is 0. The Morgan fingerprint density at radius 2 is 1.87 bits per heavy atom. The number of aromatic nitrogens is 1. The van der Waals surface area contributed by atoms with Gasteiger partial charge >= 0.3 is 11.9 Å². The van der Waals surface area contributed by atoms with Gasteiger partial charge in [0.15, 0.2) is 0 Å². The molecule has 0 saturated heterocycles. The van der Waals surface area contributed by atoms with Crippen LogP contribution in [-0.4, -0.2) is 16.9 Å². The summed E-state index contributed by atoms with van der Waals surface area (Å²) < 4.78 is 10.0. The summed E-state index contributed by atoms with van der Waals surface area (Å²) in [6, 6.07) is 1.57. The molecule has 0 spiro atoms. The predicted octanol–water partition coefficient (Wildman–Crippen LogP) is 0.995. The van der Waals surface area contributed by atoms with Crippen molar-refractivity contribution in [2.75, 3.05) is 0 Å². The first-order chi connectivity index (χ1) is 7.16. The fraction of sp³-hybridized carbons (Fsp3) is 0.300. The van der Waals surface area contributed by atoms with E-state index in [-0.39, 0.29) is 18.7 Å². The number of hydrogen-bond acceptors (Lipinski definition) is 5. The number of carbonyl (C=O) groups is 2. The molecule has 15 heavy (non-hydrogen) atoms. The quantitative estimate of drug-likeness (QED) is 0.593. The molecular weight excluding hydrogens is 198 g/mol. The van der Waals surface area contributed by atoms with Crippen LogP contribution >= 0.6 is 0 Å². The Hall–Kier alpha value is -1.91. The van der Waals surface area contributed by atoms with Crippen LogP contribution in [0.5, 0.6) is 11.6 Å². The molecule has 1 aromatic heterocycles. The molecule has 5 heteroatoms. The van der Waals surface area contributed by atoms with Crippen LogP contribution in [0.25, 0.3) is 0 Å². The number of esters is 2. The predicted molar refractivity (Wildman–Crippen MR) is 49.5 cm³/mol. The summed E-state index contributed by atoms with van der Waals surface area (Å²) in [7, 11) is 0. The molecule has 78 valence electrons. The molecule has 2 rings (SSSR count). The monoisotopic (exact) mass is 207 g/mol. The van der Waals surface area contributed by atoms with Crippen LogP contribution in [0.1, 0.15) is 18.4 Å². The summed E-state index contributed by atoms with van der Waals surface area (Å²) in [5.74, 6) is -0.317. The SMILES string of the molecule is Cc1c2ccnc1OC(=O)CCC(=O)O2. The van der Waals surface area contributed by atoms with Crippen LogP contribution in [0.4, 0.5) is 0 Å². The highest BCUT2D eigenvalue weighted by atomic mass is 16.6. The number of pyridine rings is 1. The Balaban J connectivity index is 2.45. The van der Waals surface area contributed by atoms with Crippen molar-refractivity contribution in [3.8, 4) is 11.6 Å². The highest BCUT2D eigenvalue weighted by molar-refractivity contribution is 5.81. The maximum atomic E-state index is 11.2. The van der Waals surface area contributed by atoms with Crippen molar-refractivity contribution < 1.29 is 19.1 Å². The minimum atomic E-state index is -0.471. The van der Waals surface area contributed by atoms with Gasteiger partial charge in [0.2, 0.25) is 5.88 Å². The van der Waals surface area contributed by atoms with Crippen LogP contribution in [-0.2, 0) is 9.59 Å². The summed E-state index contributed by atoms with van der Waals surface area (Å²) in [6.07, 6.45) is 1.47. The zero-order chi connectivity index (χ0) is 10.8. The summed E-state index contributed by atoms with van der Waals surface area (Å²) in [5.41, 5.74) is 0.557. The fourth-order valence-electron chi connectivity index (χ4n) is 1.25. The van der Waals surface area contributed by atoms with Gasteiger partial charge in [-0.25, -0.2) is 4.98 Å². The van der Waals surface area contributed by atoms with Gasteiger partial charge in [-0.1, -0.05) is 0 Å². The van der Waals surface area contributed by atoms with Crippen molar-refractivity contribution >= 4 is 11.9 Å². The van der Waals surface area contributed by atoms with Crippen LogP contribution < -0.4 is 9.47 Å². The van der Waals surface area contributed by atoms with Crippen molar-refractivity contribution in [1.82, 2.24) is 4.98 Å². The number of rotatable bonds is 0. The van der Waals surface area contributed by atoms with Gasteiger partial charge in [-0.3, -0.25) is 9.59 Å². The van der Waals surface area contributed by atoms with Gasteiger partial charge in [-0.15, -0.1) is 0 Å². The highest BCUT2D eigenvalue weighted by Crippen LogP contribution is 2.26. The average molecular weight is 207 g/mol. The maximum absolute atomic E-state index is 11.2. The van der Waals surface area contributed by atoms with E-state index in [0.29, 0.717) is 11.3 Å². The van der Waals surface area contributed by atoms with E-state index in [4.69, 9.17) is 9.47 Å². The number of nitrogens with zero attached hydrogens (tertiary/aromatic N) is 1. The lowest BCUT2D eigenvalue weighted by Crippen LogP contribution is -2.12. The zero-order valence-corrected chi connectivity index (χ0v) is 8.15. The molecule has 5 nitrogen and oxygen atoms in total. The molecule has 0 aliphatic carbocycles. The van der Waals surface area contributed by atoms with E-state index in [0.717, 1.165) is 0 Å². The summed E-state index contributed by atoms with van der Waals surface area (Å²) in [5, 5.41) is 0. The van der Waals surface area contributed by atoms with Gasteiger partial charge in [-0.2, -0.15) is 0 Å². The number of carbonyl (C=O) groups excluding carboxylic acids is 2. The minimum Gasteiger partial charge on any atom is -0.426 e. The number of hydrogen-bond donors (Lipinski definition) is 0. The molecular formula is C10H9NO4. The molecule has 1 aliphatic rings. The van der Waals surface area contributed by atoms with E-state index >= 15 is 0 Å². The highest BCUT2D eigenvalue weighted by Gasteiger charge is 2.18. The first-order valence-corrected chi connectivity index (χ1v) is 4.54. The third kappa shape index (κ3) is 1.96. The van der Waals surface area contributed by atoms with Crippen LogP contribution in [0, 0.1) is 6.92 Å².